The maximum atomic E-state index is 12.9. The average Bonchev–Trinajstić information content (AvgIpc) is 3.49. The Labute approximate surface area is 194 Å². The maximum absolute atomic E-state index is 12.9. The molecule has 1 aliphatic rings. The number of aromatic amines is 1. The van der Waals surface area contributed by atoms with Crippen molar-refractivity contribution in [1.29, 1.82) is 0 Å². The molecule has 4 heterocycles. The fraction of sp³-hybridized carbons (Fsp3) is 0.273. The van der Waals surface area contributed by atoms with Gasteiger partial charge in [-0.3, -0.25) is 9.69 Å². The Morgan fingerprint density at radius 1 is 1.03 bits per heavy atom. The lowest BCUT2D eigenvalue weighted by atomic mass is 10.2. The second kappa shape index (κ2) is 8.53. The molecule has 7 nitrogen and oxygen atoms in total. The molecule has 10 heteroatoms. The number of H-pyrrole nitrogens is 1. The van der Waals surface area contributed by atoms with Crippen molar-refractivity contribution < 1.29 is 8.42 Å². The fourth-order valence-electron chi connectivity index (χ4n) is 4.02. The Morgan fingerprint density at radius 3 is 2.47 bits per heavy atom. The molecule has 0 amide bonds. The van der Waals surface area contributed by atoms with Crippen LogP contribution in [0, 0.1) is 0 Å². The van der Waals surface area contributed by atoms with Gasteiger partial charge in [-0.15, -0.1) is 22.7 Å². The summed E-state index contributed by atoms with van der Waals surface area (Å²) in [6.07, 6.45) is 0. The molecule has 32 heavy (non-hydrogen) atoms. The minimum atomic E-state index is -3.49. The number of hydrogen-bond acceptors (Lipinski definition) is 7. The highest BCUT2D eigenvalue weighted by Crippen LogP contribution is 2.34. The molecule has 0 spiro atoms. The van der Waals surface area contributed by atoms with Gasteiger partial charge in [-0.25, -0.2) is 13.4 Å². The van der Waals surface area contributed by atoms with Gasteiger partial charge in [-0.05, 0) is 30.5 Å². The van der Waals surface area contributed by atoms with E-state index >= 15 is 0 Å². The molecule has 166 valence electrons. The van der Waals surface area contributed by atoms with Crippen LogP contribution in [-0.2, 0) is 10.0 Å². The van der Waals surface area contributed by atoms with Crippen molar-refractivity contribution in [3.05, 3.63) is 69.4 Å². The summed E-state index contributed by atoms with van der Waals surface area (Å²) >= 11 is 3.08. The summed E-state index contributed by atoms with van der Waals surface area (Å²) in [6, 6.07) is 12.4. The van der Waals surface area contributed by atoms with E-state index < -0.39 is 10.0 Å². The van der Waals surface area contributed by atoms with Crippen LogP contribution < -0.4 is 5.56 Å². The normalized spacial score (nSPS) is 17.0. The number of rotatable bonds is 5. The third-order valence-corrected chi connectivity index (χ3v) is 9.53. The molecule has 0 radical (unpaired) electrons. The van der Waals surface area contributed by atoms with Crippen molar-refractivity contribution in [2.24, 2.45) is 0 Å². The van der Waals surface area contributed by atoms with Crippen molar-refractivity contribution in [3.8, 4) is 10.4 Å². The molecule has 1 aromatic carbocycles. The standard InChI is InChI=1S/C22H22N4O3S3/c1-15(25-9-11-26(12-10-25)32(28,29)16-6-3-2-4-7-16)20-23-21(27)19-17(14-31-22(19)24-20)18-8-5-13-30-18/h2-8,13-15H,9-12H2,1H3,(H,23,24,27). The van der Waals surface area contributed by atoms with Gasteiger partial charge < -0.3 is 4.98 Å². The lowest BCUT2D eigenvalue weighted by Gasteiger charge is -2.36. The third-order valence-electron chi connectivity index (χ3n) is 5.85. The van der Waals surface area contributed by atoms with Gasteiger partial charge >= 0.3 is 0 Å². The molecule has 0 bridgehead atoms. The van der Waals surface area contributed by atoms with Crippen LogP contribution in [0.5, 0.6) is 0 Å². The third kappa shape index (κ3) is 3.82. The van der Waals surface area contributed by atoms with Crippen molar-refractivity contribution >= 4 is 42.9 Å². The Kier molecular flexibility index (Phi) is 5.72. The summed E-state index contributed by atoms with van der Waals surface area (Å²) in [4.78, 5) is 24.9. The minimum absolute atomic E-state index is 0.124. The van der Waals surface area contributed by atoms with E-state index in [4.69, 9.17) is 4.98 Å². The summed E-state index contributed by atoms with van der Waals surface area (Å²) in [5, 5.41) is 4.61. The Balaban J connectivity index is 1.34. The van der Waals surface area contributed by atoms with Crippen molar-refractivity contribution in [3.63, 3.8) is 0 Å². The summed E-state index contributed by atoms with van der Waals surface area (Å²) < 4.78 is 27.3. The topological polar surface area (TPSA) is 86.4 Å². The Bertz CT molecular complexity index is 1390. The molecule has 5 rings (SSSR count). The second-order valence-electron chi connectivity index (χ2n) is 7.69. The zero-order valence-corrected chi connectivity index (χ0v) is 19.8. The number of thiophene rings is 2. The molecule has 3 aromatic heterocycles. The molecule has 0 saturated carbocycles. The number of sulfonamides is 1. The lowest BCUT2D eigenvalue weighted by molar-refractivity contribution is 0.141. The number of aromatic nitrogens is 2. The van der Waals surface area contributed by atoms with Gasteiger partial charge in [0.25, 0.3) is 5.56 Å². The first-order valence-corrected chi connectivity index (χ1v) is 13.5. The predicted octanol–water partition coefficient (Wildman–Crippen LogP) is 3.78. The van der Waals surface area contributed by atoms with Gasteiger partial charge in [0.1, 0.15) is 10.7 Å². The molecule has 1 aliphatic heterocycles. The van der Waals surface area contributed by atoms with Crippen LogP contribution in [0.25, 0.3) is 20.7 Å². The number of benzene rings is 1. The molecule has 1 saturated heterocycles. The van der Waals surface area contributed by atoms with E-state index in [2.05, 4.69) is 9.88 Å². The SMILES string of the molecule is CC(c1nc2scc(-c3cccs3)c2c(=O)[nH]1)N1CCN(S(=O)(=O)c2ccccc2)CC1. The first kappa shape index (κ1) is 21.5. The van der Waals surface area contributed by atoms with Crippen molar-refractivity contribution in [1.82, 2.24) is 19.2 Å². The Hall–Kier alpha value is -2.37. The number of hydrogen-bond donors (Lipinski definition) is 1. The van der Waals surface area contributed by atoms with Crippen molar-refractivity contribution in [2.45, 2.75) is 17.9 Å². The predicted molar refractivity (Wildman–Crippen MR) is 129 cm³/mol. The fourth-order valence-corrected chi connectivity index (χ4v) is 7.23. The highest BCUT2D eigenvalue weighted by atomic mass is 32.2. The zero-order chi connectivity index (χ0) is 22.3. The van der Waals surface area contributed by atoms with E-state index in [1.165, 1.54) is 15.6 Å². The smallest absolute Gasteiger partial charge is 0.260 e. The largest absolute Gasteiger partial charge is 0.309 e. The summed E-state index contributed by atoms with van der Waals surface area (Å²) in [6.45, 7) is 3.93. The molecule has 0 aliphatic carbocycles. The van der Waals surface area contributed by atoms with Gasteiger partial charge in [0.2, 0.25) is 10.0 Å². The number of piperazine rings is 1. The highest BCUT2D eigenvalue weighted by Gasteiger charge is 2.31. The van der Waals surface area contributed by atoms with Gasteiger partial charge in [-0.2, -0.15) is 4.31 Å². The molecule has 1 unspecified atom stereocenters. The van der Waals surface area contributed by atoms with Crippen LogP contribution in [0.15, 0.2) is 62.9 Å². The molecular formula is C22H22N4O3S3. The van der Waals surface area contributed by atoms with Crippen LogP contribution in [0.4, 0.5) is 0 Å². The number of fused-ring (bicyclic) bond motifs is 1. The molecule has 1 atom stereocenters. The molecule has 4 aromatic rings. The first-order valence-electron chi connectivity index (χ1n) is 10.3. The monoisotopic (exact) mass is 486 g/mol. The van der Waals surface area contributed by atoms with Crippen LogP contribution in [0.3, 0.4) is 0 Å². The maximum Gasteiger partial charge on any atom is 0.260 e. The van der Waals surface area contributed by atoms with Gasteiger partial charge in [0, 0.05) is 42.0 Å². The highest BCUT2D eigenvalue weighted by molar-refractivity contribution is 7.89. The van der Waals surface area contributed by atoms with Crippen molar-refractivity contribution in [2.75, 3.05) is 26.2 Å². The molecule has 1 N–H and O–H groups in total. The first-order chi connectivity index (χ1) is 15.4. The quantitative estimate of drug-likeness (QED) is 0.464. The summed E-state index contributed by atoms with van der Waals surface area (Å²) in [7, 11) is -3.49. The van der Waals surface area contributed by atoms with E-state index in [1.54, 1.807) is 41.7 Å². The summed E-state index contributed by atoms with van der Waals surface area (Å²) in [5.74, 6) is 0.612. The van der Waals surface area contributed by atoms with E-state index in [0.717, 1.165) is 15.3 Å². The number of nitrogens with one attached hydrogen (secondary N) is 1. The van der Waals surface area contributed by atoms with Crippen LogP contribution in [0.1, 0.15) is 18.8 Å². The van der Waals surface area contributed by atoms with E-state index in [0.29, 0.717) is 42.3 Å². The minimum Gasteiger partial charge on any atom is -0.309 e. The van der Waals surface area contributed by atoms with Gasteiger partial charge in [0.05, 0.1) is 16.3 Å². The zero-order valence-electron chi connectivity index (χ0n) is 17.4. The van der Waals surface area contributed by atoms with Crippen LogP contribution in [0.2, 0.25) is 0 Å². The molecule has 1 fully saturated rings. The lowest BCUT2D eigenvalue weighted by Crippen LogP contribution is -2.49. The second-order valence-corrected chi connectivity index (χ2v) is 11.4. The van der Waals surface area contributed by atoms with Crippen LogP contribution in [-0.4, -0.2) is 53.8 Å². The van der Waals surface area contributed by atoms with Gasteiger partial charge in [-0.1, -0.05) is 24.3 Å². The molecular weight excluding hydrogens is 464 g/mol. The average molecular weight is 487 g/mol. The van der Waals surface area contributed by atoms with E-state index in [9.17, 15) is 13.2 Å². The van der Waals surface area contributed by atoms with E-state index in [1.807, 2.05) is 29.8 Å². The Morgan fingerprint density at radius 2 is 1.78 bits per heavy atom. The van der Waals surface area contributed by atoms with Gasteiger partial charge in [0.15, 0.2) is 0 Å². The van der Waals surface area contributed by atoms with Crippen LogP contribution >= 0.6 is 22.7 Å². The number of nitrogens with zero attached hydrogens (tertiary/aromatic N) is 3. The summed E-state index contributed by atoms with van der Waals surface area (Å²) in [5.41, 5.74) is 0.791. The van der Waals surface area contributed by atoms with E-state index in [-0.39, 0.29) is 11.6 Å².